The Morgan fingerprint density at radius 2 is 1.53 bits per heavy atom. The molecule has 0 fully saturated rings. The average Bonchev–Trinajstić information content (AvgIpc) is 3.15. The van der Waals surface area contributed by atoms with Crippen molar-refractivity contribution in [2.24, 2.45) is 5.73 Å². The zero-order valence-electron chi connectivity index (χ0n) is 17.9. The van der Waals surface area contributed by atoms with Crippen molar-refractivity contribution in [3.05, 3.63) is 95.9 Å². The van der Waals surface area contributed by atoms with E-state index in [0.29, 0.717) is 14.8 Å². The zero-order valence-corrected chi connectivity index (χ0v) is 18.7. The molecule has 0 unspecified atom stereocenters. The first-order chi connectivity index (χ1) is 15.5. The molecular weight excluding hydrogens is 416 g/mol. The first kappa shape index (κ1) is 21.4. The largest absolute Gasteiger partial charge is 0.384 e. The lowest BCUT2D eigenvalue weighted by atomic mass is 9.84. The van der Waals surface area contributed by atoms with Crippen LogP contribution in [0.25, 0.3) is 17.5 Å². The highest BCUT2D eigenvalue weighted by Gasteiger charge is 2.32. The molecule has 3 aromatic rings. The molecule has 32 heavy (non-hydrogen) atoms. The Morgan fingerprint density at radius 1 is 0.969 bits per heavy atom. The molecule has 1 aromatic heterocycles. The van der Waals surface area contributed by atoms with Crippen LogP contribution in [-0.2, 0) is 12.8 Å². The highest BCUT2D eigenvalue weighted by Crippen LogP contribution is 2.35. The van der Waals surface area contributed by atoms with E-state index >= 15 is 0 Å². The molecule has 158 valence electrons. The molecule has 0 bridgehead atoms. The van der Waals surface area contributed by atoms with Crippen molar-refractivity contribution in [2.75, 3.05) is 0 Å². The van der Waals surface area contributed by atoms with Crippen LogP contribution in [0, 0.1) is 22.7 Å². The van der Waals surface area contributed by atoms with Crippen molar-refractivity contribution < 1.29 is 0 Å². The van der Waals surface area contributed by atoms with Crippen molar-refractivity contribution >= 4 is 28.8 Å². The third-order valence-electron chi connectivity index (χ3n) is 5.80. The van der Waals surface area contributed by atoms with Gasteiger partial charge in [0.2, 0.25) is 0 Å². The molecule has 0 saturated carbocycles. The number of nitriles is 2. The first-order valence-electron chi connectivity index (χ1n) is 10.5. The summed E-state index contributed by atoms with van der Waals surface area (Å²) in [6.45, 7) is 4.16. The minimum Gasteiger partial charge on any atom is -0.384 e. The van der Waals surface area contributed by atoms with Crippen LogP contribution in [0.5, 0.6) is 0 Å². The number of hydrogen-bond acceptors (Lipinski definition) is 5. The van der Waals surface area contributed by atoms with Gasteiger partial charge in [-0.15, -0.1) is 11.3 Å². The predicted molar refractivity (Wildman–Crippen MR) is 128 cm³/mol. The maximum atomic E-state index is 13.2. The molecule has 0 saturated heterocycles. The highest BCUT2D eigenvalue weighted by atomic mass is 32.1. The fraction of sp³-hybridized carbons (Fsp3) is 0.192. The summed E-state index contributed by atoms with van der Waals surface area (Å²) in [7, 11) is 0. The molecule has 1 atom stereocenters. The van der Waals surface area contributed by atoms with Crippen LogP contribution in [0.3, 0.4) is 0 Å². The Labute approximate surface area is 190 Å². The predicted octanol–water partition coefficient (Wildman–Crippen LogP) is 2.99. The topological polar surface area (TPSA) is 95.6 Å². The summed E-state index contributed by atoms with van der Waals surface area (Å²) in [6.07, 6.45) is 3.64. The van der Waals surface area contributed by atoms with Gasteiger partial charge in [0.1, 0.15) is 10.5 Å². The van der Waals surface area contributed by atoms with Gasteiger partial charge in [0.25, 0.3) is 5.56 Å². The van der Waals surface area contributed by atoms with Gasteiger partial charge in [-0.05, 0) is 41.2 Å². The van der Waals surface area contributed by atoms with Crippen LogP contribution >= 0.6 is 11.3 Å². The van der Waals surface area contributed by atoms with Crippen LogP contribution in [-0.4, -0.2) is 4.57 Å². The van der Waals surface area contributed by atoms with E-state index < -0.39 is 5.92 Å². The third-order valence-corrected chi connectivity index (χ3v) is 6.90. The molecule has 1 aliphatic rings. The molecule has 2 N–H and O–H groups in total. The van der Waals surface area contributed by atoms with Crippen LogP contribution < -0.4 is 20.5 Å². The van der Waals surface area contributed by atoms with Crippen LogP contribution in [0.4, 0.5) is 0 Å². The van der Waals surface area contributed by atoms with Crippen LogP contribution in [0.2, 0.25) is 0 Å². The van der Waals surface area contributed by atoms with E-state index in [0.717, 1.165) is 29.5 Å². The van der Waals surface area contributed by atoms with E-state index in [1.165, 1.54) is 21.5 Å². The van der Waals surface area contributed by atoms with Gasteiger partial charge in [-0.3, -0.25) is 9.36 Å². The third kappa shape index (κ3) is 3.56. The molecule has 1 aliphatic heterocycles. The van der Waals surface area contributed by atoms with Crippen molar-refractivity contribution in [1.29, 1.82) is 10.5 Å². The maximum absolute atomic E-state index is 13.2. The van der Waals surface area contributed by atoms with Crippen molar-refractivity contribution in [2.45, 2.75) is 32.6 Å². The van der Waals surface area contributed by atoms with Crippen LogP contribution in [0.1, 0.15) is 42.0 Å². The molecule has 2 aromatic carbocycles. The van der Waals surface area contributed by atoms with Gasteiger partial charge < -0.3 is 5.73 Å². The SMILES string of the molecule is CCc1ccc(/C=c2\sc3n(c2=O)C(N)=C(C#N)[C@H](c2ccc(CC)cc2)C=3C#N)cc1. The summed E-state index contributed by atoms with van der Waals surface area (Å²) in [4.78, 5) is 13.2. The Bertz CT molecular complexity index is 1470. The second-order valence-electron chi connectivity index (χ2n) is 7.62. The summed E-state index contributed by atoms with van der Waals surface area (Å²) in [6, 6.07) is 20.2. The lowest BCUT2D eigenvalue weighted by molar-refractivity contribution is 0.905. The number of rotatable bonds is 4. The zero-order chi connectivity index (χ0) is 22.8. The van der Waals surface area contributed by atoms with E-state index in [1.54, 1.807) is 6.08 Å². The van der Waals surface area contributed by atoms with E-state index in [2.05, 4.69) is 26.0 Å². The second kappa shape index (κ2) is 8.70. The molecule has 5 nitrogen and oxygen atoms in total. The van der Waals surface area contributed by atoms with Gasteiger partial charge in [0, 0.05) is 0 Å². The Kier molecular flexibility index (Phi) is 5.81. The molecule has 0 amide bonds. The van der Waals surface area contributed by atoms with Crippen LogP contribution in [0.15, 0.2) is 58.9 Å². The molecular formula is C26H22N4OS. The smallest absolute Gasteiger partial charge is 0.274 e. The fourth-order valence-corrected chi connectivity index (χ4v) is 5.06. The summed E-state index contributed by atoms with van der Waals surface area (Å²) in [5.74, 6) is -0.501. The standard InChI is InChI=1S/C26H22N4OS/c1-3-16-5-7-18(8-6-16)13-22-25(31)30-24(29)20(14-27)23(21(15-28)26(30)32-22)19-11-9-17(4-2)10-12-19/h5-13,23H,3-4,29H2,1-2H3/b22-13-/t23-/m0/s1. The maximum Gasteiger partial charge on any atom is 0.274 e. The van der Waals surface area contributed by atoms with E-state index in [9.17, 15) is 15.3 Å². The summed E-state index contributed by atoms with van der Waals surface area (Å²) < 4.78 is 2.26. The summed E-state index contributed by atoms with van der Waals surface area (Å²) >= 11 is 1.23. The number of benzene rings is 2. The second-order valence-corrected chi connectivity index (χ2v) is 8.65. The lowest BCUT2D eigenvalue weighted by Crippen LogP contribution is -2.38. The Balaban J connectivity index is 1.97. The molecule has 0 spiro atoms. The number of fused-ring (bicyclic) bond motifs is 1. The molecule has 0 radical (unpaired) electrons. The van der Waals surface area contributed by atoms with Gasteiger partial charge in [0.05, 0.1) is 33.7 Å². The first-order valence-corrected chi connectivity index (χ1v) is 11.3. The number of thiazole rings is 1. The van der Waals surface area contributed by atoms with E-state index in [-0.39, 0.29) is 17.0 Å². The minimum atomic E-state index is -0.592. The van der Waals surface area contributed by atoms with E-state index in [1.807, 2.05) is 48.5 Å². The van der Waals surface area contributed by atoms with Crippen molar-refractivity contribution in [3.8, 4) is 12.1 Å². The number of hydrogen-bond donors (Lipinski definition) is 1. The highest BCUT2D eigenvalue weighted by molar-refractivity contribution is 7.07. The molecule has 4 rings (SSSR count). The Hall–Kier alpha value is -3.87. The molecule has 2 heterocycles. The van der Waals surface area contributed by atoms with Gasteiger partial charge in [-0.25, -0.2) is 0 Å². The molecule has 0 aliphatic carbocycles. The lowest BCUT2D eigenvalue weighted by Gasteiger charge is -2.22. The fourth-order valence-electron chi connectivity index (χ4n) is 3.93. The Morgan fingerprint density at radius 3 is 2.06 bits per heavy atom. The van der Waals surface area contributed by atoms with Gasteiger partial charge in [0.15, 0.2) is 0 Å². The van der Waals surface area contributed by atoms with Crippen molar-refractivity contribution in [1.82, 2.24) is 4.57 Å². The van der Waals surface area contributed by atoms with Gasteiger partial charge in [-0.2, -0.15) is 10.5 Å². The number of aryl methyl sites for hydroxylation is 2. The summed E-state index contributed by atoms with van der Waals surface area (Å²) in [5, 5.41) is 19.9. The number of nitrogens with zero attached hydrogens (tertiary/aromatic N) is 3. The molecule has 6 heteroatoms. The monoisotopic (exact) mass is 438 g/mol. The number of allylic oxidation sites excluding steroid dienone is 1. The van der Waals surface area contributed by atoms with E-state index in [4.69, 9.17) is 5.73 Å². The minimum absolute atomic E-state index is 0.0910. The van der Waals surface area contributed by atoms with Gasteiger partial charge >= 0.3 is 0 Å². The number of nitrogens with two attached hydrogens (primary N) is 1. The van der Waals surface area contributed by atoms with Gasteiger partial charge in [-0.1, -0.05) is 62.4 Å². The number of aromatic nitrogens is 1. The average molecular weight is 439 g/mol. The quantitative estimate of drug-likeness (QED) is 0.677. The summed E-state index contributed by atoms with van der Waals surface area (Å²) in [5.41, 5.74) is 10.7. The normalized spacial score (nSPS) is 15.9. The van der Waals surface area contributed by atoms with Crippen molar-refractivity contribution in [3.63, 3.8) is 0 Å².